The van der Waals surface area contributed by atoms with Crippen LogP contribution < -0.4 is 5.32 Å². The number of nitrogens with zero attached hydrogens (tertiary/aromatic N) is 1. The Bertz CT molecular complexity index is 812. The third-order valence-corrected chi connectivity index (χ3v) is 6.88. The Morgan fingerprint density at radius 2 is 1.76 bits per heavy atom. The fourth-order valence-corrected chi connectivity index (χ4v) is 6.43. The number of rotatable bonds is 3. The van der Waals surface area contributed by atoms with E-state index in [0.29, 0.717) is 11.6 Å². The van der Waals surface area contributed by atoms with Gasteiger partial charge < -0.3 is 5.32 Å². The van der Waals surface area contributed by atoms with Crippen LogP contribution in [0.3, 0.4) is 0 Å². The molecule has 130 valence electrons. The standard InChI is InChI=1S/C21H23ClN2O/c22-19-5-4-16-17(23-19)2-1-3-18(16)24-20(25)12-21-9-13-6-14(10-21)8-15(7-13)11-21/h1-5,13-15H,6-12H2,(H,24,25). The molecular formula is C21H23ClN2O. The van der Waals surface area contributed by atoms with E-state index in [-0.39, 0.29) is 11.3 Å². The van der Waals surface area contributed by atoms with Crippen molar-refractivity contribution in [2.45, 2.75) is 44.9 Å². The van der Waals surface area contributed by atoms with Crippen LogP contribution in [0, 0.1) is 23.2 Å². The molecule has 1 N–H and O–H groups in total. The second-order valence-electron chi connectivity index (χ2n) is 8.65. The van der Waals surface area contributed by atoms with Crippen LogP contribution in [-0.2, 0) is 4.79 Å². The van der Waals surface area contributed by atoms with Crippen LogP contribution >= 0.6 is 11.6 Å². The van der Waals surface area contributed by atoms with E-state index in [1.54, 1.807) is 6.07 Å². The van der Waals surface area contributed by atoms with Crippen molar-refractivity contribution in [3.63, 3.8) is 0 Å². The van der Waals surface area contributed by atoms with Crippen molar-refractivity contribution in [2.75, 3.05) is 5.32 Å². The first-order valence-electron chi connectivity index (χ1n) is 9.44. The largest absolute Gasteiger partial charge is 0.325 e. The summed E-state index contributed by atoms with van der Waals surface area (Å²) in [6.07, 6.45) is 8.70. The minimum atomic E-state index is 0.157. The van der Waals surface area contributed by atoms with Crippen molar-refractivity contribution in [3.8, 4) is 0 Å². The van der Waals surface area contributed by atoms with Gasteiger partial charge in [0.15, 0.2) is 0 Å². The van der Waals surface area contributed by atoms with E-state index in [1.807, 2.05) is 24.3 Å². The smallest absolute Gasteiger partial charge is 0.224 e. The predicted molar refractivity (Wildman–Crippen MR) is 101 cm³/mol. The van der Waals surface area contributed by atoms with Gasteiger partial charge in [-0.3, -0.25) is 4.79 Å². The molecule has 4 heteroatoms. The summed E-state index contributed by atoms with van der Waals surface area (Å²) < 4.78 is 0. The number of amides is 1. The van der Waals surface area contributed by atoms with Crippen molar-refractivity contribution in [2.24, 2.45) is 23.2 Å². The SMILES string of the molecule is O=C(CC12CC3CC(CC(C3)C1)C2)Nc1cccc2nc(Cl)ccc12. The summed E-state index contributed by atoms with van der Waals surface area (Å²) in [6.45, 7) is 0. The number of halogens is 1. The number of carbonyl (C=O) groups excluding carboxylic acids is 1. The van der Waals surface area contributed by atoms with Crippen molar-refractivity contribution in [3.05, 3.63) is 35.5 Å². The maximum atomic E-state index is 12.9. The third-order valence-electron chi connectivity index (χ3n) is 6.67. The molecule has 4 aliphatic carbocycles. The van der Waals surface area contributed by atoms with Crippen LogP contribution in [0.25, 0.3) is 10.9 Å². The number of pyridine rings is 1. The van der Waals surface area contributed by atoms with Crippen molar-refractivity contribution >= 4 is 34.1 Å². The lowest BCUT2D eigenvalue weighted by atomic mass is 9.49. The number of anilines is 1. The number of fused-ring (bicyclic) bond motifs is 1. The van der Waals surface area contributed by atoms with E-state index in [9.17, 15) is 4.79 Å². The second-order valence-corrected chi connectivity index (χ2v) is 9.04. The zero-order valence-corrected chi connectivity index (χ0v) is 15.1. The Morgan fingerprint density at radius 1 is 1.08 bits per heavy atom. The molecule has 1 heterocycles. The van der Waals surface area contributed by atoms with Gasteiger partial charge in [0.05, 0.1) is 11.2 Å². The van der Waals surface area contributed by atoms with E-state index in [4.69, 9.17) is 11.6 Å². The summed E-state index contributed by atoms with van der Waals surface area (Å²) in [5.74, 6) is 2.79. The van der Waals surface area contributed by atoms with Crippen LogP contribution in [0.15, 0.2) is 30.3 Å². The van der Waals surface area contributed by atoms with Gasteiger partial charge in [-0.15, -0.1) is 0 Å². The molecule has 0 aliphatic heterocycles. The molecule has 4 saturated carbocycles. The Morgan fingerprint density at radius 3 is 2.44 bits per heavy atom. The van der Waals surface area contributed by atoms with E-state index >= 15 is 0 Å². The Kier molecular flexibility index (Phi) is 3.56. The van der Waals surface area contributed by atoms with Gasteiger partial charge >= 0.3 is 0 Å². The summed E-state index contributed by atoms with van der Waals surface area (Å²) >= 11 is 5.98. The van der Waals surface area contributed by atoms with Gasteiger partial charge in [-0.2, -0.15) is 0 Å². The highest BCUT2D eigenvalue weighted by Crippen LogP contribution is 2.61. The van der Waals surface area contributed by atoms with Crippen molar-refractivity contribution in [1.29, 1.82) is 0 Å². The summed E-state index contributed by atoms with van der Waals surface area (Å²) in [5.41, 5.74) is 1.93. The Labute approximate surface area is 153 Å². The van der Waals surface area contributed by atoms with Crippen LogP contribution in [0.1, 0.15) is 44.9 Å². The highest BCUT2D eigenvalue weighted by molar-refractivity contribution is 6.29. The van der Waals surface area contributed by atoms with Gasteiger partial charge in [0, 0.05) is 11.8 Å². The first-order valence-corrected chi connectivity index (χ1v) is 9.81. The predicted octanol–water partition coefficient (Wildman–Crippen LogP) is 5.43. The van der Waals surface area contributed by atoms with E-state index in [0.717, 1.165) is 34.3 Å². The maximum absolute atomic E-state index is 12.9. The highest BCUT2D eigenvalue weighted by atomic mass is 35.5. The van der Waals surface area contributed by atoms with Gasteiger partial charge in [0.1, 0.15) is 5.15 Å². The minimum Gasteiger partial charge on any atom is -0.325 e. The lowest BCUT2D eigenvalue weighted by molar-refractivity contribution is -0.124. The number of carbonyl (C=O) groups is 1. The molecule has 3 nitrogen and oxygen atoms in total. The molecule has 0 unspecified atom stereocenters. The summed E-state index contributed by atoms with van der Waals surface area (Å²) in [7, 11) is 0. The first-order chi connectivity index (χ1) is 12.1. The van der Waals surface area contributed by atoms with E-state index in [1.165, 1.54) is 38.5 Å². The van der Waals surface area contributed by atoms with Crippen LogP contribution in [-0.4, -0.2) is 10.9 Å². The molecular weight excluding hydrogens is 332 g/mol. The van der Waals surface area contributed by atoms with Gasteiger partial charge in [0.25, 0.3) is 0 Å². The third kappa shape index (κ3) is 2.83. The lowest BCUT2D eigenvalue weighted by Crippen LogP contribution is -2.47. The fourth-order valence-electron chi connectivity index (χ4n) is 6.28. The first kappa shape index (κ1) is 15.6. The highest BCUT2D eigenvalue weighted by Gasteiger charge is 2.51. The monoisotopic (exact) mass is 354 g/mol. The second kappa shape index (κ2) is 5.70. The number of benzene rings is 1. The van der Waals surface area contributed by atoms with Crippen molar-refractivity contribution in [1.82, 2.24) is 4.98 Å². The number of hydrogen-bond acceptors (Lipinski definition) is 2. The maximum Gasteiger partial charge on any atom is 0.224 e. The zero-order chi connectivity index (χ0) is 17.0. The van der Waals surface area contributed by atoms with Gasteiger partial charge in [-0.1, -0.05) is 17.7 Å². The molecule has 0 radical (unpaired) electrons. The quantitative estimate of drug-likeness (QED) is 0.746. The van der Waals surface area contributed by atoms with Gasteiger partial charge in [-0.25, -0.2) is 4.98 Å². The molecule has 1 aromatic carbocycles. The zero-order valence-electron chi connectivity index (χ0n) is 14.3. The van der Waals surface area contributed by atoms with E-state index < -0.39 is 0 Å². The Balaban J connectivity index is 1.36. The molecule has 4 aliphatic rings. The van der Waals surface area contributed by atoms with Crippen molar-refractivity contribution < 1.29 is 4.79 Å². The normalized spacial score (nSPS) is 32.9. The summed E-state index contributed by atoms with van der Waals surface area (Å²) in [6, 6.07) is 9.51. The van der Waals surface area contributed by atoms with Crippen LogP contribution in [0.5, 0.6) is 0 Å². The number of nitrogens with one attached hydrogen (secondary N) is 1. The van der Waals surface area contributed by atoms with E-state index in [2.05, 4.69) is 10.3 Å². The molecule has 6 rings (SSSR count). The molecule has 25 heavy (non-hydrogen) atoms. The van der Waals surface area contributed by atoms with Gasteiger partial charge in [0.2, 0.25) is 5.91 Å². The van der Waals surface area contributed by atoms with Gasteiger partial charge in [-0.05, 0) is 86.0 Å². The average molecular weight is 355 g/mol. The molecule has 2 aromatic rings. The summed E-state index contributed by atoms with van der Waals surface area (Å²) in [5, 5.41) is 4.58. The molecule has 4 fully saturated rings. The molecule has 1 amide bonds. The lowest BCUT2D eigenvalue weighted by Gasteiger charge is -2.56. The molecule has 0 spiro atoms. The van der Waals surface area contributed by atoms with Crippen LogP contribution in [0.4, 0.5) is 5.69 Å². The Hall–Kier alpha value is -1.61. The fraction of sp³-hybridized carbons (Fsp3) is 0.524. The molecule has 0 atom stereocenters. The molecule has 1 aromatic heterocycles. The molecule has 0 saturated heterocycles. The topological polar surface area (TPSA) is 42.0 Å². The average Bonchev–Trinajstić information content (AvgIpc) is 2.52. The summed E-state index contributed by atoms with van der Waals surface area (Å²) in [4.78, 5) is 17.2. The number of aromatic nitrogens is 1. The number of hydrogen-bond donors (Lipinski definition) is 1. The minimum absolute atomic E-state index is 0.157. The molecule has 4 bridgehead atoms. The van der Waals surface area contributed by atoms with Crippen LogP contribution in [0.2, 0.25) is 5.15 Å².